The van der Waals surface area contributed by atoms with Crippen molar-refractivity contribution in [3.05, 3.63) is 64.3 Å². The molecule has 0 atom stereocenters. The second-order valence-electron chi connectivity index (χ2n) is 5.14. The normalized spacial score (nSPS) is 10.5. The molecule has 0 aliphatic heterocycles. The van der Waals surface area contributed by atoms with Crippen LogP contribution in [0.4, 0.5) is 4.39 Å². The number of pyridine rings is 1. The highest BCUT2D eigenvalue weighted by molar-refractivity contribution is 5.66. The molecule has 2 rings (SSSR count). The minimum atomic E-state index is -0.843. The number of carboxylic acids is 1. The number of benzene rings is 1. The molecule has 1 heterocycles. The number of aromatic nitrogens is 1. The Morgan fingerprint density at radius 2 is 2.04 bits per heavy atom. The molecule has 122 valence electrons. The van der Waals surface area contributed by atoms with Gasteiger partial charge in [0.2, 0.25) is 0 Å². The number of unbranched alkanes of at least 4 members (excludes halogenated alkanes) is 1. The predicted octanol–water partition coefficient (Wildman–Crippen LogP) is 2.82. The smallest absolute Gasteiger partial charge is 0.303 e. The molecular formula is C17H18FNO4. The van der Waals surface area contributed by atoms with E-state index in [9.17, 15) is 14.0 Å². The van der Waals surface area contributed by atoms with E-state index < -0.39 is 5.97 Å². The Labute approximate surface area is 133 Å². The van der Waals surface area contributed by atoms with Crippen LogP contribution in [0.5, 0.6) is 5.75 Å². The van der Waals surface area contributed by atoms with Crippen LogP contribution >= 0.6 is 0 Å². The fourth-order valence-corrected chi connectivity index (χ4v) is 2.15. The summed E-state index contributed by atoms with van der Waals surface area (Å²) in [4.78, 5) is 22.7. The van der Waals surface area contributed by atoms with Gasteiger partial charge >= 0.3 is 5.97 Å². The van der Waals surface area contributed by atoms with Gasteiger partial charge in [-0.05, 0) is 42.7 Å². The van der Waals surface area contributed by atoms with E-state index in [1.54, 1.807) is 30.5 Å². The van der Waals surface area contributed by atoms with Gasteiger partial charge in [-0.3, -0.25) is 9.59 Å². The first-order valence-corrected chi connectivity index (χ1v) is 7.35. The summed E-state index contributed by atoms with van der Waals surface area (Å²) in [7, 11) is 0. The summed E-state index contributed by atoms with van der Waals surface area (Å²) in [6.07, 6.45) is 2.83. The van der Waals surface area contributed by atoms with Gasteiger partial charge in [0.25, 0.3) is 5.56 Å². The van der Waals surface area contributed by atoms with Crippen LogP contribution in [0.15, 0.2) is 47.4 Å². The summed E-state index contributed by atoms with van der Waals surface area (Å²) in [5.74, 6) is -1.01. The van der Waals surface area contributed by atoms with Gasteiger partial charge in [-0.1, -0.05) is 12.1 Å². The summed E-state index contributed by atoms with van der Waals surface area (Å²) < 4.78 is 20.1. The van der Waals surface area contributed by atoms with Crippen LogP contribution in [0.1, 0.15) is 24.8 Å². The number of rotatable bonds is 8. The third-order valence-corrected chi connectivity index (χ3v) is 3.31. The monoisotopic (exact) mass is 319 g/mol. The summed E-state index contributed by atoms with van der Waals surface area (Å²) in [6.45, 7) is 0.541. The molecule has 5 nitrogen and oxygen atoms in total. The van der Waals surface area contributed by atoms with Crippen molar-refractivity contribution in [1.29, 1.82) is 0 Å². The quantitative estimate of drug-likeness (QED) is 0.760. The summed E-state index contributed by atoms with van der Waals surface area (Å²) in [6, 6.07) is 9.26. The van der Waals surface area contributed by atoms with Gasteiger partial charge in [0.1, 0.15) is 12.4 Å². The first-order chi connectivity index (χ1) is 11.1. The number of hydrogen-bond acceptors (Lipinski definition) is 3. The Hall–Kier alpha value is -2.63. The van der Waals surface area contributed by atoms with E-state index >= 15 is 0 Å². The van der Waals surface area contributed by atoms with Crippen molar-refractivity contribution in [3.63, 3.8) is 0 Å². The second-order valence-corrected chi connectivity index (χ2v) is 5.14. The van der Waals surface area contributed by atoms with Crippen molar-refractivity contribution in [1.82, 2.24) is 4.57 Å². The van der Waals surface area contributed by atoms with Crippen LogP contribution in [0.2, 0.25) is 0 Å². The summed E-state index contributed by atoms with van der Waals surface area (Å²) in [5.41, 5.74) is 0.362. The Kier molecular flexibility index (Phi) is 5.91. The zero-order valence-corrected chi connectivity index (χ0v) is 12.6. The van der Waals surface area contributed by atoms with E-state index in [0.717, 1.165) is 0 Å². The van der Waals surface area contributed by atoms with Gasteiger partial charge in [0, 0.05) is 19.2 Å². The van der Waals surface area contributed by atoms with Gasteiger partial charge in [0.15, 0.2) is 5.75 Å². The zero-order valence-electron chi connectivity index (χ0n) is 12.6. The number of hydrogen-bond donors (Lipinski definition) is 1. The molecular weight excluding hydrogens is 301 g/mol. The van der Waals surface area contributed by atoms with Gasteiger partial charge in [-0.25, -0.2) is 4.39 Å². The highest BCUT2D eigenvalue weighted by Gasteiger charge is 2.06. The molecule has 0 spiro atoms. The lowest BCUT2D eigenvalue weighted by atomic mass is 10.2. The fraction of sp³-hybridized carbons (Fsp3) is 0.294. The maximum absolute atomic E-state index is 13.1. The van der Waals surface area contributed by atoms with E-state index in [1.807, 2.05) is 0 Å². The summed E-state index contributed by atoms with van der Waals surface area (Å²) in [5, 5.41) is 8.59. The minimum Gasteiger partial charge on any atom is -0.483 e. The van der Waals surface area contributed by atoms with Crippen molar-refractivity contribution in [2.75, 3.05) is 0 Å². The number of aryl methyl sites for hydroxylation is 1. The molecule has 0 radical (unpaired) electrons. The molecule has 1 aromatic carbocycles. The van der Waals surface area contributed by atoms with Crippen LogP contribution in [-0.2, 0) is 17.9 Å². The molecule has 0 fully saturated rings. The highest BCUT2D eigenvalue weighted by atomic mass is 19.1. The Bertz CT molecular complexity index is 727. The largest absolute Gasteiger partial charge is 0.483 e. The highest BCUT2D eigenvalue weighted by Crippen LogP contribution is 2.09. The third-order valence-electron chi connectivity index (χ3n) is 3.31. The average molecular weight is 319 g/mol. The van der Waals surface area contributed by atoms with E-state index in [0.29, 0.717) is 24.9 Å². The molecule has 0 unspecified atom stereocenters. The first kappa shape index (κ1) is 16.7. The lowest BCUT2D eigenvalue weighted by molar-refractivity contribution is -0.137. The number of aliphatic carboxylic acids is 1. The minimum absolute atomic E-state index is 0.0878. The number of carbonyl (C=O) groups is 1. The van der Waals surface area contributed by atoms with Crippen molar-refractivity contribution < 1.29 is 19.0 Å². The van der Waals surface area contributed by atoms with Crippen LogP contribution < -0.4 is 10.3 Å². The molecule has 23 heavy (non-hydrogen) atoms. The van der Waals surface area contributed by atoms with Crippen LogP contribution in [-0.4, -0.2) is 15.6 Å². The van der Waals surface area contributed by atoms with Crippen molar-refractivity contribution in [3.8, 4) is 5.75 Å². The lowest BCUT2D eigenvalue weighted by Gasteiger charge is -2.09. The third kappa shape index (κ3) is 5.25. The Morgan fingerprint density at radius 1 is 1.22 bits per heavy atom. The average Bonchev–Trinajstić information content (AvgIpc) is 2.51. The fourth-order valence-electron chi connectivity index (χ4n) is 2.15. The number of ether oxygens (including phenoxy) is 1. The number of nitrogens with zero attached hydrogens (tertiary/aromatic N) is 1. The van der Waals surface area contributed by atoms with E-state index in [1.165, 1.54) is 16.7 Å². The number of carboxylic acid groups (broad SMARTS) is 1. The summed E-state index contributed by atoms with van der Waals surface area (Å²) >= 11 is 0. The topological polar surface area (TPSA) is 68.5 Å². The van der Waals surface area contributed by atoms with Crippen LogP contribution in [0.3, 0.4) is 0 Å². The van der Waals surface area contributed by atoms with Crippen LogP contribution in [0.25, 0.3) is 0 Å². The van der Waals surface area contributed by atoms with Gasteiger partial charge in [0.05, 0.1) is 0 Å². The molecule has 0 bridgehead atoms. The number of halogens is 1. The van der Waals surface area contributed by atoms with Gasteiger partial charge in [-0.15, -0.1) is 0 Å². The maximum atomic E-state index is 13.1. The molecule has 0 amide bonds. The van der Waals surface area contributed by atoms with E-state index in [-0.39, 0.29) is 30.2 Å². The van der Waals surface area contributed by atoms with Crippen molar-refractivity contribution >= 4 is 5.97 Å². The lowest BCUT2D eigenvalue weighted by Crippen LogP contribution is -2.21. The van der Waals surface area contributed by atoms with Crippen LogP contribution in [0, 0.1) is 5.82 Å². The zero-order chi connectivity index (χ0) is 16.7. The first-order valence-electron chi connectivity index (χ1n) is 7.35. The van der Waals surface area contributed by atoms with Crippen molar-refractivity contribution in [2.24, 2.45) is 0 Å². The predicted molar refractivity (Wildman–Crippen MR) is 82.9 cm³/mol. The molecule has 0 saturated carbocycles. The SMILES string of the molecule is O=C(O)CCCCn1cccc(OCc2cccc(F)c2)c1=O. The Morgan fingerprint density at radius 3 is 2.78 bits per heavy atom. The van der Waals surface area contributed by atoms with Gasteiger partial charge < -0.3 is 14.4 Å². The molecule has 6 heteroatoms. The molecule has 1 aromatic heterocycles. The molecule has 0 aliphatic rings. The second kappa shape index (κ2) is 8.12. The molecule has 2 aromatic rings. The molecule has 0 saturated heterocycles. The maximum Gasteiger partial charge on any atom is 0.303 e. The van der Waals surface area contributed by atoms with E-state index in [4.69, 9.17) is 9.84 Å². The van der Waals surface area contributed by atoms with Gasteiger partial charge in [-0.2, -0.15) is 0 Å². The molecule has 0 aliphatic carbocycles. The van der Waals surface area contributed by atoms with E-state index in [2.05, 4.69) is 0 Å². The standard InChI is InChI=1S/C17H18FNO4/c18-14-6-3-5-13(11-14)12-23-15-7-4-10-19(17(15)22)9-2-1-8-16(20)21/h3-7,10-11H,1-2,8-9,12H2,(H,20,21). The molecule has 1 N–H and O–H groups in total. The van der Waals surface area contributed by atoms with Crippen molar-refractivity contribution in [2.45, 2.75) is 32.4 Å². The Balaban J connectivity index is 1.96.